The third-order valence-electron chi connectivity index (χ3n) is 3.45. The molecular formula is C15H22Cl2N2O2. The highest BCUT2D eigenvalue weighted by Gasteiger charge is 2.21. The van der Waals surface area contributed by atoms with E-state index >= 15 is 0 Å². The SMILES string of the molecule is CCC(Oc1ccccc1Cl)C(=O)NCC1CCCN1.Cl. The van der Waals surface area contributed by atoms with Crippen LogP contribution in [0.25, 0.3) is 0 Å². The molecule has 0 aromatic heterocycles. The maximum Gasteiger partial charge on any atom is 0.261 e. The molecule has 1 aliphatic rings. The number of hydrogen-bond acceptors (Lipinski definition) is 3. The molecular weight excluding hydrogens is 311 g/mol. The summed E-state index contributed by atoms with van der Waals surface area (Å²) in [4.78, 5) is 12.1. The molecule has 118 valence electrons. The van der Waals surface area contributed by atoms with Crippen LogP contribution in [0.2, 0.25) is 5.02 Å². The van der Waals surface area contributed by atoms with Gasteiger partial charge in [0.25, 0.3) is 5.91 Å². The number of rotatable bonds is 6. The minimum atomic E-state index is -0.503. The maximum atomic E-state index is 12.1. The summed E-state index contributed by atoms with van der Waals surface area (Å²) in [5.41, 5.74) is 0. The highest BCUT2D eigenvalue weighted by molar-refractivity contribution is 6.32. The van der Waals surface area contributed by atoms with Crippen molar-refractivity contribution >= 4 is 29.9 Å². The van der Waals surface area contributed by atoms with Crippen LogP contribution < -0.4 is 15.4 Å². The molecule has 0 spiro atoms. The molecule has 1 heterocycles. The Morgan fingerprint density at radius 2 is 2.29 bits per heavy atom. The number of hydrogen-bond donors (Lipinski definition) is 2. The van der Waals surface area contributed by atoms with Crippen molar-refractivity contribution in [1.82, 2.24) is 10.6 Å². The maximum absolute atomic E-state index is 12.1. The molecule has 1 fully saturated rings. The topological polar surface area (TPSA) is 50.4 Å². The lowest BCUT2D eigenvalue weighted by molar-refractivity contribution is -0.128. The lowest BCUT2D eigenvalue weighted by atomic mass is 10.2. The minimum Gasteiger partial charge on any atom is -0.479 e. The van der Waals surface area contributed by atoms with E-state index in [1.807, 2.05) is 19.1 Å². The monoisotopic (exact) mass is 332 g/mol. The van der Waals surface area contributed by atoms with Gasteiger partial charge in [-0.15, -0.1) is 12.4 Å². The van der Waals surface area contributed by atoms with Crippen LogP contribution in [0.5, 0.6) is 5.75 Å². The van der Waals surface area contributed by atoms with Gasteiger partial charge in [-0.1, -0.05) is 30.7 Å². The lowest BCUT2D eigenvalue weighted by Crippen LogP contribution is -2.43. The summed E-state index contributed by atoms with van der Waals surface area (Å²) in [6.45, 7) is 3.62. The number of amides is 1. The normalized spacial score (nSPS) is 18.7. The van der Waals surface area contributed by atoms with E-state index in [-0.39, 0.29) is 18.3 Å². The molecule has 4 nitrogen and oxygen atoms in total. The summed E-state index contributed by atoms with van der Waals surface area (Å²) in [6, 6.07) is 7.59. The van der Waals surface area contributed by atoms with E-state index in [2.05, 4.69) is 10.6 Å². The van der Waals surface area contributed by atoms with Crippen LogP contribution in [0, 0.1) is 0 Å². The van der Waals surface area contributed by atoms with Crippen molar-refractivity contribution in [3.63, 3.8) is 0 Å². The Morgan fingerprint density at radius 1 is 1.52 bits per heavy atom. The van der Waals surface area contributed by atoms with Crippen LogP contribution in [0.1, 0.15) is 26.2 Å². The van der Waals surface area contributed by atoms with Crippen LogP contribution in [0.4, 0.5) is 0 Å². The first-order chi connectivity index (χ1) is 9.70. The second kappa shape index (κ2) is 9.13. The zero-order chi connectivity index (χ0) is 14.4. The molecule has 6 heteroatoms. The number of nitrogens with one attached hydrogen (secondary N) is 2. The fourth-order valence-corrected chi connectivity index (χ4v) is 2.46. The summed E-state index contributed by atoms with van der Waals surface area (Å²) < 4.78 is 5.71. The molecule has 2 atom stereocenters. The molecule has 2 rings (SSSR count). The zero-order valence-electron chi connectivity index (χ0n) is 12.1. The van der Waals surface area contributed by atoms with Gasteiger partial charge >= 0.3 is 0 Å². The Balaban J connectivity index is 0.00000220. The van der Waals surface area contributed by atoms with Crippen molar-refractivity contribution < 1.29 is 9.53 Å². The summed E-state index contributed by atoms with van der Waals surface area (Å²) in [7, 11) is 0. The lowest BCUT2D eigenvalue weighted by Gasteiger charge is -2.19. The highest BCUT2D eigenvalue weighted by Crippen LogP contribution is 2.24. The molecule has 0 aliphatic carbocycles. The van der Waals surface area contributed by atoms with E-state index in [1.54, 1.807) is 12.1 Å². The molecule has 1 aromatic rings. The van der Waals surface area contributed by atoms with Crippen LogP contribution in [-0.2, 0) is 4.79 Å². The van der Waals surface area contributed by atoms with Crippen molar-refractivity contribution in [2.75, 3.05) is 13.1 Å². The van der Waals surface area contributed by atoms with Gasteiger partial charge in [-0.3, -0.25) is 4.79 Å². The molecule has 21 heavy (non-hydrogen) atoms. The second-order valence-corrected chi connectivity index (χ2v) is 5.39. The van der Waals surface area contributed by atoms with Crippen LogP contribution >= 0.6 is 24.0 Å². The predicted molar refractivity (Wildman–Crippen MR) is 87.4 cm³/mol. The number of halogens is 2. The van der Waals surface area contributed by atoms with Gasteiger partial charge in [0, 0.05) is 12.6 Å². The number of carbonyl (C=O) groups excluding carboxylic acids is 1. The summed E-state index contributed by atoms with van der Waals surface area (Å²) in [6.07, 6.45) is 2.39. The van der Waals surface area contributed by atoms with Crippen molar-refractivity contribution in [3.8, 4) is 5.75 Å². The Kier molecular flexibility index (Phi) is 7.86. The Bertz CT molecular complexity index is 451. The number of benzene rings is 1. The first-order valence-corrected chi connectivity index (χ1v) is 7.50. The average molecular weight is 333 g/mol. The van der Waals surface area contributed by atoms with Crippen LogP contribution in [-0.4, -0.2) is 31.1 Å². The van der Waals surface area contributed by atoms with Gasteiger partial charge in [-0.25, -0.2) is 0 Å². The molecule has 1 aromatic carbocycles. The van der Waals surface area contributed by atoms with E-state index in [4.69, 9.17) is 16.3 Å². The smallest absolute Gasteiger partial charge is 0.261 e. The van der Waals surface area contributed by atoms with E-state index in [0.717, 1.165) is 13.0 Å². The second-order valence-electron chi connectivity index (χ2n) is 4.98. The number of carbonyl (C=O) groups is 1. The van der Waals surface area contributed by atoms with Crippen molar-refractivity contribution in [3.05, 3.63) is 29.3 Å². The fraction of sp³-hybridized carbons (Fsp3) is 0.533. The van der Waals surface area contributed by atoms with Gasteiger partial charge in [0.05, 0.1) is 5.02 Å². The van der Waals surface area contributed by atoms with Gasteiger partial charge in [-0.2, -0.15) is 0 Å². The molecule has 0 saturated carbocycles. The van der Waals surface area contributed by atoms with E-state index < -0.39 is 6.10 Å². The van der Waals surface area contributed by atoms with E-state index in [9.17, 15) is 4.79 Å². The molecule has 0 radical (unpaired) electrons. The van der Waals surface area contributed by atoms with Gasteiger partial charge in [0.15, 0.2) is 6.10 Å². The first-order valence-electron chi connectivity index (χ1n) is 7.13. The number of ether oxygens (including phenoxy) is 1. The Morgan fingerprint density at radius 3 is 2.90 bits per heavy atom. The standard InChI is InChI=1S/C15H21ClN2O2.ClH/c1-2-13(20-14-8-4-3-7-12(14)16)15(19)18-10-11-6-5-9-17-11;/h3-4,7-8,11,13,17H,2,5-6,9-10H2,1H3,(H,18,19);1H. The zero-order valence-corrected chi connectivity index (χ0v) is 13.7. The predicted octanol–water partition coefficient (Wildman–Crippen LogP) is 2.79. The Hall–Kier alpha value is -0.970. The van der Waals surface area contributed by atoms with Gasteiger partial charge in [0.1, 0.15) is 5.75 Å². The third kappa shape index (κ3) is 5.38. The van der Waals surface area contributed by atoms with E-state index in [0.29, 0.717) is 29.8 Å². The quantitative estimate of drug-likeness (QED) is 0.842. The molecule has 1 saturated heterocycles. The van der Waals surface area contributed by atoms with Crippen LogP contribution in [0.15, 0.2) is 24.3 Å². The molecule has 1 aliphatic heterocycles. The van der Waals surface area contributed by atoms with Gasteiger partial charge in [0.2, 0.25) is 0 Å². The molecule has 2 N–H and O–H groups in total. The third-order valence-corrected chi connectivity index (χ3v) is 3.77. The van der Waals surface area contributed by atoms with Crippen molar-refractivity contribution in [1.29, 1.82) is 0 Å². The Labute approximate surface area is 137 Å². The number of para-hydroxylation sites is 1. The largest absolute Gasteiger partial charge is 0.479 e. The molecule has 0 bridgehead atoms. The fourth-order valence-electron chi connectivity index (χ4n) is 2.28. The highest BCUT2D eigenvalue weighted by atomic mass is 35.5. The van der Waals surface area contributed by atoms with Crippen LogP contribution in [0.3, 0.4) is 0 Å². The van der Waals surface area contributed by atoms with Crippen molar-refractivity contribution in [2.45, 2.75) is 38.3 Å². The summed E-state index contributed by atoms with van der Waals surface area (Å²) in [5, 5.41) is 6.82. The summed E-state index contributed by atoms with van der Waals surface area (Å²) >= 11 is 6.04. The molecule has 1 amide bonds. The minimum absolute atomic E-state index is 0. The van der Waals surface area contributed by atoms with Crippen molar-refractivity contribution in [2.24, 2.45) is 0 Å². The van der Waals surface area contributed by atoms with E-state index in [1.165, 1.54) is 6.42 Å². The van der Waals surface area contributed by atoms with Gasteiger partial charge in [-0.05, 0) is 37.9 Å². The average Bonchev–Trinajstić information content (AvgIpc) is 2.97. The molecule has 2 unspecified atom stereocenters. The summed E-state index contributed by atoms with van der Waals surface area (Å²) in [5.74, 6) is 0.469. The first kappa shape index (κ1) is 18.1. The van der Waals surface area contributed by atoms with Gasteiger partial charge < -0.3 is 15.4 Å².